The van der Waals surface area contributed by atoms with Crippen molar-refractivity contribution in [2.24, 2.45) is 0 Å². The third-order valence-electron chi connectivity index (χ3n) is 4.92. The van der Waals surface area contributed by atoms with Crippen LogP contribution in [-0.2, 0) is 12.4 Å². The molecule has 198 valence electrons. The molecule has 0 spiro atoms. The number of halogens is 7. The number of hydrogen-bond donors (Lipinski definition) is 1. The minimum atomic E-state index is -4.82. The Morgan fingerprint density at radius 1 is 1.05 bits per heavy atom. The molecule has 4 rings (SSSR count). The fourth-order valence-electron chi connectivity index (χ4n) is 3.34. The first-order valence-electron chi connectivity index (χ1n) is 10.2. The van der Waals surface area contributed by atoms with E-state index in [2.05, 4.69) is 31.3 Å². The summed E-state index contributed by atoms with van der Waals surface area (Å²) in [5.41, 5.74) is -3.84. The van der Waals surface area contributed by atoms with Gasteiger partial charge in [-0.2, -0.15) is 31.4 Å². The molecule has 2 heterocycles. The molecule has 9 nitrogen and oxygen atoms in total. The van der Waals surface area contributed by atoms with Crippen molar-refractivity contribution in [3.63, 3.8) is 0 Å². The quantitative estimate of drug-likeness (QED) is 0.153. The zero-order valence-corrected chi connectivity index (χ0v) is 20.3. The normalized spacial score (nSPS) is 12.0. The van der Waals surface area contributed by atoms with Gasteiger partial charge in [0.1, 0.15) is 17.2 Å². The lowest BCUT2D eigenvalue weighted by molar-refractivity contribution is -0.384. The Bertz CT molecular complexity index is 1590. The zero-order valence-electron chi connectivity index (χ0n) is 18.7. The molecule has 1 amide bonds. The van der Waals surface area contributed by atoms with Gasteiger partial charge < -0.3 is 10.1 Å². The number of fused-ring (bicyclic) bond motifs is 1. The lowest BCUT2D eigenvalue weighted by atomic mass is 10.2. The molecule has 0 bridgehead atoms. The second kappa shape index (κ2) is 9.59. The molecule has 0 unspecified atom stereocenters. The molecule has 0 saturated carbocycles. The minimum Gasteiger partial charge on any atom is -0.457 e. The van der Waals surface area contributed by atoms with Crippen molar-refractivity contribution in [2.45, 2.75) is 19.3 Å². The third-order valence-corrected chi connectivity index (χ3v) is 5.65. The van der Waals surface area contributed by atoms with E-state index in [1.54, 1.807) is 0 Å². The maximum atomic E-state index is 13.5. The molecule has 16 heteroatoms. The summed E-state index contributed by atoms with van der Waals surface area (Å²) in [4.78, 5) is 27.4. The number of aryl methyl sites for hydroxylation is 1. The molecule has 0 saturated heterocycles. The number of nitrogens with one attached hydrogen (secondary N) is 1. The standard InChI is InChI=1S/C22H12BrF6N5O4/c1-10-5-16(22(27,28)29)33-19(30-10)17(23)18(32-33)20(35)31-12-7-13(34(36)37)9-15(8-12)38-14-4-2-3-11(6-14)21(24,25)26/h2-9H,1H3,(H,31,35). The number of non-ortho nitro benzene ring substituents is 1. The highest BCUT2D eigenvalue weighted by Crippen LogP contribution is 2.35. The molecular formula is C22H12BrF6N5O4. The first-order chi connectivity index (χ1) is 17.6. The number of alkyl halides is 6. The second-order valence-corrected chi connectivity index (χ2v) is 8.53. The van der Waals surface area contributed by atoms with E-state index >= 15 is 0 Å². The van der Waals surface area contributed by atoms with Crippen LogP contribution in [0.2, 0.25) is 0 Å². The molecular weight excluding hydrogens is 592 g/mol. The molecule has 1 N–H and O–H groups in total. The average molecular weight is 604 g/mol. The number of rotatable bonds is 5. The van der Waals surface area contributed by atoms with Gasteiger partial charge in [0, 0.05) is 17.8 Å². The number of nitrogens with zero attached hydrogens (tertiary/aromatic N) is 4. The van der Waals surface area contributed by atoms with Crippen LogP contribution in [0.5, 0.6) is 11.5 Å². The number of nitro groups is 1. The molecule has 0 radical (unpaired) electrons. The van der Waals surface area contributed by atoms with E-state index in [1.165, 1.54) is 13.0 Å². The van der Waals surface area contributed by atoms with Gasteiger partial charge in [-0.3, -0.25) is 14.9 Å². The van der Waals surface area contributed by atoms with E-state index in [1.807, 2.05) is 0 Å². The van der Waals surface area contributed by atoms with E-state index in [9.17, 15) is 41.3 Å². The monoisotopic (exact) mass is 603 g/mol. The Morgan fingerprint density at radius 3 is 2.39 bits per heavy atom. The molecule has 0 fully saturated rings. The van der Waals surface area contributed by atoms with Crippen molar-refractivity contribution in [1.29, 1.82) is 0 Å². The number of benzene rings is 2. The van der Waals surface area contributed by atoms with Gasteiger partial charge in [-0.15, -0.1) is 0 Å². The molecule has 2 aromatic heterocycles. The van der Waals surface area contributed by atoms with Crippen molar-refractivity contribution in [3.8, 4) is 11.5 Å². The summed E-state index contributed by atoms with van der Waals surface area (Å²) in [6.45, 7) is 1.32. The van der Waals surface area contributed by atoms with Gasteiger partial charge >= 0.3 is 12.4 Å². The van der Waals surface area contributed by atoms with E-state index in [0.717, 1.165) is 36.4 Å². The van der Waals surface area contributed by atoms with Gasteiger partial charge in [0.2, 0.25) is 0 Å². The SMILES string of the molecule is Cc1cc(C(F)(F)F)n2nc(C(=O)Nc3cc(Oc4cccc(C(F)(F)F)c4)cc([N+](=O)[O-])c3)c(Br)c2n1. The molecule has 0 atom stereocenters. The smallest absolute Gasteiger partial charge is 0.433 e. The largest absolute Gasteiger partial charge is 0.457 e. The van der Waals surface area contributed by atoms with Crippen molar-refractivity contribution < 1.29 is 40.8 Å². The van der Waals surface area contributed by atoms with Gasteiger partial charge in [-0.25, -0.2) is 9.50 Å². The van der Waals surface area contributed by atoms with Crippen LogP contribution in [0.4, 0.5) is 37.7 Å². The summed E-state index contributed by atoms with van der Waals surface area (Å²) >= 11 is 3.02. The maximum Gasteiger partial charge on any atom is 0.433 e. The Morgan fingerprint density at radius 2 is 1.76 bits per heavy atom. The number of hydrogen-bond acceptors (Lipinski definition) is 6. The summed E-state index contributed by atoms with van der Waals surface area (Å²) in [5.74, 6) is -1.64. The fourth-order valence-corrected chi connectivity index (χ4v) is 3.86. The number of nitro benzene ring substituents is 1. The minimum absolute atomic E-state index is 0.00690. The molecule has 2 aromatic carbocycles. The predicted molar refractivity (Wildman–Crippen MR) is 123 cm³/mol. The second-order valence-electron chi connectivity index (χ2n) is 7.73. The number of anilines is 1. The third kappa shape index (κ3) is 5.53. The number of ether oxygens (including phenoxy) is 1. The van der Waals surface area contributed by atoms with Crippen LogP contribution in [0, 0.1) is 17.0 Å². The highest BCUT2D eigenvalue weighted by Gasteiger charge is 2.36. The van der Waals surface area contributed by atoms with Crippen LogP contribution < -0.4 is 10.1 Å². The van der Waals surface area contributed by atoms with Crippen LogP contribution in [-0.4, -0.2) is 25.4 Å². The van der Waals surface area contributed by atoms with E-state index in [-0.39, 0.29) is 33.0 Å². The summed E-state index contributed by atoms with van der Waals surface area (Å²) in [5, 5.41) is 17.4. The highest BCUT2D eigenvalue weighted by atomic mass is 79.9. The molecule has 38 heavy (non-hydrogen) atoms. The van der Waals surface area contributed by atoms with Gasteiger partial charge in [0.25, 0.3) is 11.6 Å². The van der Waals surface area contributed by atoms with Gasteiger partial charge in [-0.05, 0) is 47.1 Å². The van der Waals surface area contributed by atoms with Crippen molar-refractivity contribution in [2.75, 3.05) is 5.32 Å². The van der Waals surface area contributed by atoms with Gasteiger partial charge in [0.05, 0.1) is 26.7 Å². The number of amides is 1. The van der Waals surface area contributed by atoms with Gasteiger partial charge in [0.15, 0.2) is 11.3 Å². The molecule has 0 aliphatic heterocycles. The average Bonchev–Trinajstić information content (AvgIpc) is 3.13. The summed E-state index contributed by atoms with van der Waals surface area (Å²) < 4.78 is 85.0. The fraction of sp³-hybridized carbons (Fsp3) is 0.136. The highest BCUT2D eigenvalue weighted by molar-refractivity contribution is 9.10. The number of aromatic nitrogens is 3. The van der Waals surface area contributed by atoms with Crippen molar-refractivity contribution in [1.82, 2.24) is 14.6 Å². The molecule has 0 aliphatic rings. The van der Waals surface area contributed by atoms with Crippen LogP contribution in [0.15, 0.2) is 53.0 Å². The summed E-state index contributed by atoms with van der Waals surface area (Å²) in [6, 6.07) is 7.41. The van der Waals surface area contributed by atoms with Crippen LogP contribution in [0.1, 0.15) is 27.4 Å². The van der Waals surface area contributed by atoms with E-state index in [4.69, 9.17) is 4.74 Å². The Hall–Kier alpha value is -4.21. The van der Waals surface area contributed by atoms with E-state index in [0.29, 0.717) is 10.6 Å². The Labute approximate surface area is 216 Å². The lowest BCUT2D eigenvalue weighted by Crippen LogP contribution is -2.16. The molecule has 4 aromatic rings. The van der Waals surface area contributed by atoms with Crippen molar-refractivity contribution >= 4 is 38.9 Å². The first-order valence-corrected chi connectivity index (χ1v) is 11.0. The summed E-state index contributed by atoms with van der Waals surface area (Å²) in [7, 11) is 0. The Balaban J connectivity index is 1.69. The van der Waals surface area contributed by atoms with Crippen LogP contribution in [0.25, 0.3) is 5.65 Å². The van der Waals surface area contributed by atoms with Crippen LogP contribution in [0.3, 0.4) is 0 Å². The zero-order chi connectivity index (χ0) is 28.0. The van der Waals surface area contributed by atoms with E-state index < -0.39 is 45.8 Å². The predicted octanol–water partition coefficient (Wildman–Crippen LogP) is 6.79. The Kier molecular flexibility index (Phi) is 6.77. The topological polar surface area (TPSA) is 112 Å². The maximum absolute atomic E-state index is 13.5. The van der Waals surface area contributed by atoms with Crippen LogP contribution >= 0.6 is 15.9 Å². The van der Waals surface area contributed by atoms with Gasteiger partial charge in [-0.1, -0.05) is 6.07 Å². The summed E-state index contributed by atoms with van der Waals surface area (Å²) in [6.07, 6.45) is -9.48. The number of carbonyl (C=O) groups excluding carboxylic acids is 1. The number of carbonyl (C=O) groups is 1. The van der Waals surface area contributed by atoms with Crippen molar-refractivity contribution in [3.05, 3.63) is 85.8 Å². The first kappa shape index (κ1) is 26.8. The molecule has 0 aliphatic carbocycles. The lowest BCUT2D eigenvalue weighted by Gasteiger charge is -2.11.